The largest absolute Gasteiger partial charge is 0.379 e. The molecule has 3 heteroatoms. The van der Waals surface area contributed by atoms with Gasteiger partial charge in [-0.15, -0.1) is 0 Å². The highest BCUT2D eigenvalue weighted by Gasteiger charge is 2.28. The summed E-state index contributed by atoms with van der Waals surface area (Å²) in [6.45, 7) is 16.8. The van der Waals surface area contributed by atoms with Gasteiger partial charge < -0.3 is 15.0 Å². The smallest absolute Gasteiger partial charge is 0.0518 e. The number of unbranched alkanes of at least 4 members (excludes halogenated alkanes) is 1. The Balaban J connectivity index is 2.15. The van der Waals surface area contributed by atoms with Crippen LogP contribution in [0.4, 0.5) is 0 Å². The number of rotatable bonds is 6. The molecular weight excluding hydrogens is 224 g/mol. The number of ether oxygens (including phenoxy) is 1. The molecule has 1 atom stereocenters. The Kier molecular flexibility index (Phi) is 6.61. The van der Waals surface area contributed by atoms with Gasteiger partial charge in [-0.1, -0.05) is 20.8 Å². The van der Waals surface area contributed by atoms with Gasteiger partial charge in [0, 0.05) is 32.3 Å². The summed E-state index contributed by atoms with van der Waals surface area (Å²) in [6.07, 6.45) is 2.81. The van der Waals surface area contributed by atoms with Gasteiger partial charge in [0.15, 0.2) is 0 Å². The summed E-state index contributed by atoms with van der Waals surface area (Å²) in [5.74, 6) is 0. The van der Waals surface area contributed by atoms with E-state index < -0.39 is 0 Å². The second kappa shape index (κ2) is 7.46. The van der Waals surface area contributed by atoms with E-state index in [9.17, 15) is 0 Å². The second-order valence-corrected chi connectivity index (χ2v) is 6.80. The first-order valence-electron chi connectivity index (χ1n) is 7.47. The van der Waals surface area contributed by atoms with Crippen LogP contribution in [0.2, 0.25) is 0 Å². The van der Waals surface area contributed by atoms with E-state index in [-0.39, 0.29) is 0 Å². The minimum Gasteiger partial charge on any atom is -0.379 e. The highest BCUT2D eigenvalue weighted by atomic mass is 16.5. The molecule has 0 radical (unpaired) electrons. The maximum Gasteiger partial charge on any atom is 0.0518 e. The summed E-state index contributed by atoms with van der Waals surface area (Å²) in [6, 6.07) is 0.623. The van der Waals surface area contributed by atoms with Crippen LogP contribution in [0, 0.1) is 5.41 Å². The fourth-order valence-corrected chi connectivity index (χ4v) is 2.35. The van der Waals surface area contributed by atoms with Crippen molar-refractivity contribution in [3.8, 4) is 0 Å². The van der Waals surface area contributed by atoms with Gasteiger partial charge in [-0.3, -0.25) is 0 Å². The standard InChI is InChI=1S/C15H32N2O/c1-13(2)18-11-7-6-9-17-10-8-16-14(12-17)15(3,4)5/h13-14,16H,6-12H2,1-5H3. The van der Waals surface area contributed by atoms with Crippen LogP contribution in [0.3, 0.4) is 0 Å². The third-order valence-corrected chi connectivity index (χ3v) is 3.62. The minimum atomic E-state index is 0.361. The van der Waals surface area contributed by atoms with Gasteiger partial charge >= 0.3 is 0 Å². The van der Waals surface area contributed by atoms with Gasteiger partial charge in [-0.25, -0.2) is 0 Å². The molecule has 0 aromatic heterocycles. The Hall–Kier alpha value is -0.120. The molecule has 0 spiro atoms. The van der Waals surface area contributed by atoms with Crippen molar-refractivity contribution in [2.75, 3.05) is 32.8 Å². The summed E-state index contributed by atoms with van der Waals surface area (Å²) in [4.78, 5) is 2.60. The molecule has 0 aromatic rings. The zero-order valence-electron chi connectivity index (χ0n) is 13.0. The van der Waals surface area contributed by atoms with Crippen molar-refractivity contribution in [1.29, 1.82) is 0 Å². The van der Waals surface area contributed by atoms with Crippen LogP contribution in [0.1, 0.15) is 47.5 Å². The van der Waals surface area contributed by atoms with Gasteiger partial charge in [-0.05, 0) is 38.6 Å². The fourth-order valence-electron chi connectivity index (χ4n) is 2.35. The molecule has 1 aliphatic heterocycles. The van der Waals surface area contributed by atoms with Crippen molar-refractivity contribution < 1.29 is 4.74 Å². The average molecular weight is 256 g/mol. The van der Waals surface area contributed by atoms with E-state index in [0.717, 1.165) is 13.2 Å². The lowest BCUT2D eigenvalue weighted by molar-refractivity contribution is 0.0718. The lowest BCUT2D eigenvalue weighted by Gasteiger charge is -2.40. The molecule has 0 aromatic carbocycles. The lowest BCUT2D eigenvalue weighted by Crippen LogP contribution is -2.55. The molecule has 0 amide bonds. The number of nitrogens with zero attached hydrogens (tertiary/aromatic N) is 1. The summed E-state index contributed by atoms with van der Waals surface area (Å²) < 4.78 is 5.58. The molecule has 1 saturated heterocycles. The van der Waals surface area contributed by atoms with E-state index in [1.165, 1.54) is 32.5 Å². The molecule has 1 rings (SSSR count). The van der Waals surface area contributed by atoms with Crippen LogP contribution in [0.15, 0.2) is 0 Å². The summed E-state index contributed by atoms with van der Waals surface area (Å²) >= 11 is 0. The zero-order chi connectivity index (χ0) is 13.6. The lowest BCUT2D eigenvalue weighted by atomic mass is 9.85. The molecule has 3 nitrogen and oxygen atoms in total. The monoisotopic (exact) mass is 256 g/mol. The molecule has 1 unspecified atom stereocenters. The Morgan fingerprint density at radius 2 is 2.00 bits per heavy atom. The number of piperazine rings is 1. The van der Waals surface area contributed by atoms with Gasteiger partial charge in [0.05, 0.1) is 6.10 Å². The van der Waals surface area contributed by atoms with Crippen LogP contribution in [-0.4, -0.2) is 49.8 Å². The maximum absolute atomic E-state index is 5.58. The predicted octanol–water partition coefficient (Wildman–Crippen LogP) is 2.51. The Morgan fingerprint density at radius 1 is 1.28 bits per heavy atom. The van der Waals surface area contributed by atoms with Gasteiger partial charge in [-0.2, -0.15) is 0 Å². The third kappa shape index (κ3) is 6.17. The van der Waals surface area contributed by atoms with E-state index in [1.54, 1.807) is 0 Å². The quantitative estimate of drug-likeness (QED) is 0.739. The van der Waals surface area contributed by atoms with Crippen LogP contribution in [0.5, 0.6) is 0 Å². The normalized spacial score (nSPS) is 22.7. The van der Waals surface area contributed by atoms with E-state index in [0.29, 0.717) is 17.6 Å². The SMILES string of the molecule is CC(C)OCCCCN1CCNC(C(C)(C)C)C1. The molecule has 0 saturated carbocycles. The van der Waals surface area contributed by atoms with Crippen molar-refractivity contribution in [1.82, 2.24) is 10.2 Å². The molecule has 18 heavy (non-hydrogen) atoms. The van der Waals surface area contributed by atoms with Crippen molar-refractivity contribution in [3.63, 3.8) is 0 Å². The van der Waals surface area contributed by atoms with Crippen molar-refractivity contribution >= 4 is 0 Å². The maximum atomic E-state index is 5.58. The van der Waals surface area contributed by atoms with Gasteiger partial charge in [0.2, 0.25) is 0 Å². The molecule has 108 valence electrons. The number of nitrogens with one attached hydrogen (secondary N) is 1. The van der Waals surface area contributed by atoms with Gasteiger partial charge in [0.25, 0.3) is 0 Å². The summed E-state index contributed by atoms with van der Waals surface area (Å²) in [5, 5.41) is 3.64. The number of hydrogen-bond donors (Lipinski definition) is 1. The highest BCUT2D eigenvalue weighted by molar-refractivity contribution is 4.87. The predicted molar refractivity (Wildman–Crippen MR) is 78.0 cm³/mol. The summed E-state index contributed by atoms with van der Waals surface area (Å²) in [5.41, 5.74) is 0.361. The average Bonchev–Trinajstić information content (AvgIpc) is 2.27. The Labute approximate surface area is 113 Å². The second-order valence-electron chi connectivity index (χ2n) is 6.80. The Bertz CT molecular complexity index is 223. The zero-order valence-corrected chi connectivity index (χ0v) is 13.0. The van der Waals surface area contributed by atoms with Crippen LogP contribution < -0.4 is 5.32 Å². The molecule has 0 bridgehead atoms. The van der Waals surface area contributed by atoms with E-state index in [1.807, 2.05) is 0 Å². The first-order valence-corrected chi connectivity index (χ1v) is 7.47. The molecule has 1 heterocycles. The van der Waals surface area contributed by atoms with Crippen molar-refractivity contribution in [2.45, 2.75) is 59.6 Å². The van der Waals surface area contributed by atoms with Crippen LogP contribution in [-0.2, 0) is 4.74 Å². The van der Waals surface area contributed by atoms with Gasteiger partial charge in [0.1, 0.15) is 0 Å². The van der Waals surface area contributed by atoms with E-state index in [2.05, 4.69) is 44.8 Å². The molecule has 1 aliphatic rings. The fraction of sp³-hybridized carbons (Fsp3) is 1.00. The van der Waals surface area contributed by atoms with E-state index >= 15 is 0 Å². The summed E-state index contributed by atoms with van der Waals surface area (Å²) in [7, 11) is 0. The van der Waals surface area contributed by atoms with Crippen LogP contribution >= 0.6 is 0 Å². The minimum absolute atomic E-state index is 0.361. The molecule has 1 fully saturated rings. The molecule has 1 N–H and O–H groups in total. The van der Waals surface area contributed by atoms with Crippen molar-refractivity contribution in [2.24, 2.45) is 5.41 Å². The van der Waals surface area contributed by atoms with E-state index in [4.69, 9.17) is 4.74 Å². The number of hydrogen-bond acceptors (Lipinski definition) is 3. The van der Waals surface area contributed by atoms with Crippen LogP contribution in [0.25, 0.3) is 0 Å². The first-order chi connectivity index (χ1) is 8.39. The first kappa shape index (κ1) is 15.9. The molecular formula is C15H32N2O. The molecule has 0 aliphatic carbocycles. The van der Waals surface area contributed by atoms with Crippen molar-refractivity contribution in [3.05, 3.63) is 0 Å². The Morgan fingerprint density at radius 3 is 2.61 bits per heavy atom. The highest BCUT2D eigenvalue weighted by Crippen LogP contribution is 2.21. The third-order valence-electron chi connectivity index (χ3n) is 3.62. The topological polar surface area (TPSA) is 24.5 Å².